The molecular formula is C69H122O16P2. The van der Waals surface area contributed by atoms with Crippen LogP contribution in [0.3, 0.4) is 0 Å². The third kappa shape index (κ3) is 64.1. The summed E-state index contributed by atoms with van der Waals surface area (Å²) in [7, 11) is -9.77. The van der Waals surface area contributed by atoms with Crippen molar-refractivity contribution in [1.82, 2.24) is 0 Å². The monoisotopic (exact) mass is 1270 g/mol. The van der Waals surface area contributed by atoms with E-state index in [9.17, 15) is 43.5 Å². The molecule has 5 unspecified atom stereocenters. The molecule has 504 valence electrons. The third-order valence-corrected chi connectivity index (χ3v) is 16.0. The minimum atomic E-state index is -4.92. The first-order valence-corrected chi connectivity index (χ1v) is 36.9. The van der Waals surface area contributed by atoms with E-state index in [2.05, 4.69) is 106 Å². The van der Waals surface area contributed by atoms with Gasteiger partial charge in [0.1, 0.15) is 25.4 Å². The summed E-state index contributed by atoms with van der Waals surface area (Å²) in [5.74, 6) is -1.60. The number of aliphatic hydroxyl groups is 2. The molecule has 18 heteroatoms. The lowest BCUT2D eigenvalue weighted by Gasteiger charge is -2.21. The van der Waals surface area contributed by atoms with Crippen LogP contribution >= 0.6 is 15.6 Å². The highest BCUT2D eigenvalue weighted by Crippen LogP contribution is 2.45. The Hall–Kier alpha value is -3.27. The number of esters is 3. The van der Waals surface area contributed by atoms with Gasteiger partial charge in [0.05, 0.1) is 26.4 Å². The average Bonchev–Trinajstić information content (AvgIpc) is 3.69. The summed E-state index contributed by atoms with van der Waals surface area (Å²) >= 11 is 0. The van der Waals surface area contributed by atoms with E-state index in [0.717, 1.165) is 141 Å². The summed E-state index contributed by atoms with van der Waals surface area (Å²) in [5, 5.41) is 20.5. The molecule has 0 fully saturated rings. The number of carbonyl (C=O) groups is 3. The second-order valence-corrected chi connectivity index (χ2v) is 25.5. The fourth-order valence-electron chi connectivity index (χ4n) is 8.88. The van der Waals surface area contributed by atoms with E-state index < -0.39 is 91.5 Å². The lowest BCUT2D eigenvalue weighted by molar-refractivity contribution is -0.161. The maximum Gasteiger partial charge on any atom is 0.472 e. The molecule has 0 saturated carbocycles. The van der Waals surface area contributed by atoms with Gasteiger partial charge in [0.2, 0.25) is 0 Å². The summed E-state index contributed by atoms with van der Waals surface area (Å²) < 4.78 is 60.8. The molecule has 0 rings (SSSR count). The standard InChI is InChI=1S/C69H122O16P2/c1-4-7-10-13-16-19-22-25-26-27-28-29-30-31-32-33-34-35-36-39-41-43-46-49-52-55-67(72)79-58-64(70)59-81-86(75,76)82-60-65(71)61-83-87(77,78)84-63-66(85-69(74)57-54-51-48-45-42-38-24-21-18-15-12-9-6-3)62-80-68(73)56-53-50-47-44-40-37-23-20-17-14-11-8-5-2/h7,10,16,19-21,23-26,28-29,31-32,64-66,70-71H,4-6,8-9,11-15,17-18,22,27,30,33-63H2,1-3H3,(H,75,76)(H,77,78)/b10-7-,19-16-,23-20-,24-21-,26-25-,29-28-,32-31-. The first-order chi connectivity index (χ1) is 42.2. The molecule has 0 saturated heterocycles. The van der Waals surface area contributed by atoms with Crippen LogP contribution in [-0.4, -0.2) is 95.9 Å². The summed E-state index contributed by atoms with van der Waals surface area (Å²) in [5.41, 5.74) is 0. The molecule has 0 radical (unpaired) electrons. The molecule has 0 bridgehead atoms. The van der Waals surface area contributed by atoms with Crippen LogP contribution in [0.5, 0.6) is 0 Å². The van der Waals surface area contributed by atoms with Gasteiger partial charge >= 0.3 is 33.6 Å². The Morgan fingerprint density at radius 1 is 0.333 bits per heavy atom. The Morgan fingerprint density at radius 2 is 0.609 bits per heavy atom. The van der Waals surface area contributed by atoms with Gasteiger partial charge in [0.15, 0.2) is 6.10 Å². The SMILES string of the molecule is CC/C=C\C/C=C\C/C=C\C/C=C\C/C=C\CCCCCCCCCCCC(=O)OCC(O)COP(=O)(O)OCC(O)COP(=O)(O)OCC(COC(=O)CCCCCCC/C=C\CCCCCC)OC(=O)CCCCCCC/C=C\CCCCCC. The molecule has 0 aromatic rings. The van der Waals surface area contributed by atoms with Gasteiger partial charge in [-0.1, -0.05) is 228 Å². The molecule has 0 amide bonds. The number of phosphoric ester groups is 2. The van der Waals surface area contributed by atoms with Crippen LogP contribution in [0.25, 0.3) is 0 Å². The first kappa shape index (κ1) is 83.7. The van der Waals surface area contributed by atoms with E-state index in [1.807, 2.05) is 0 Å². The van der Waals surface area contributed by atoms with Crippen molar-refractivity contribution in [3.63, 3.8) is 0 Å². The van der Waals surface area contributed by atoms with Crippen molar-refractivity contribution in [2.45, 2.75) is 296 Å². The molecule has 0 aliphatic carbocycles. The minimum absolute atomic E-state index is 0.0945. The fourth-order valence-corrected chi connectivity index (χ4v) is 10.5. The number of phosphoric acid groups is 2. The van der Waals surface area contributed by atoms with E-state index in [0.29, 0.717) is 19.3 Å². The van der Waals surface area contributed by atoms with Gasteiger partial charge in [-0.05, 0) is 116 Å². The number of hydrogen-bond acceptors (Lipinski definition) is 14. The largest absolute Gasteiger partial charge is 0.472 e. The number of hydrogen-bond donors (Lipinski definition) is 4. The zero-order chi connectivity index (χ0) is 63.8. The van der Waals surface area contributed by atoms with Crippen molar-refractivity contribution in [2.24, 2.45) is 0 Å². The van der Waals surface area contributed by atoms with Crippen LogP contribution in [0.15, 0.2) is 85.1 Å². The van der Waals surface area contributed by atoms with E-state index in [1.54, 1.807) is 0 Å². The average molecular weight is 1270 g/mol. The molecule has 0 heterocycles. The van der Waals surface area contributed by atoms with Gasteiger partial charge in [0, 0.05) is 19.3 Å². The van der Waals surface area contributed by atoms with Gasteiger partial charge in [0.25, 0.3) is 0 Å². The Bertz CT molecular complexity index is 1930. The molecule has 0 aliphatic rings. The highest BCUT2D eigenvalue weighted by Gasteiger charge is 2.29. The van der Waals surface area contributed by atoms with Gasteiger partial charge in [-0.15, -0.1) is 0 Å². The number of rotatable bonds is 64. The molecule has 4 N–H and O–H groups in total. The number of ether oxygens (including phenoxy) is 3. The van der Waals surface area contributed by atoms with Crippen LogP contribution < -0.4 is 0 Å². The first-order valence-electron chi connectivity index (χ1n) is 33.9. The second kappa shape index (κ2) is 62.9. The summed E-state index contributed by atoms with van der Waals surface area (Å²) in [4.78, 5) is 58.2. The fraction of sp³-hybridized carbons (Fsp3) is 0.754. The maximum atomic E-state index is 12.9. The molecule has 0 aromatic carbocycles. The van der Waals surface area contributed by atoms with Crippen molar-refractivity contribution in [3.8, 4) is 0 Å². The van der Waals surface area contributed by atoms with Crippen molar-refractivity contribution >= 4 is 33.6 Å². The second-order valence-electron chi connectivity index (χ2n) is 22.6. The Balaban J connectivity index is 4.51. The lowest BCUT2D eigenvalue weighted by atomic mass is 10.1. The Labute approximate surface area is 527 Å². The lowest BCUT2D eigenvalue weighted by Crippen LogP contribution is -2.30. The predicted octanol–water partition coefficient (Wildman–Crippen LogP) is 18.5. The van der Waals surface area contributed by atoms with Crippen LogP contribution in [-0.2, 0) is 55.8 Å². The van der Waals surface area contributed by atoms with Gasteiger partial charge < -0.3 is 34.2 Å². The zero-order valence-electron chi connectivity index (χ0n) is 54.4. The highest BCUT2D eigenvalue weighted by molar-refractivity contribution is 7.47. The zero-order valence-corrected chi connectivity index (χ0v) is 56.2. The summed E-state index contributed by atoms with van der Waals surface area (Å²) in [6.45, 7) is 2.50. The molecule has 16 nitrogen and oxygen atoms in total. The quantitative estimate of drug-likeness (QED) is 0.0146. The number of unbranched alkanes of at least 4 members (excludes halogenated alkanes) is 27. The normalized spacial score (nSPS) is 14.8. The van der Waals surface area contributed by atoms with Gasteiger partial charge in [-0.2, -0.15) is 0 Å². The van der Waals surface area contributed by atoms with E-state index in [4.69, 9.17) is 32.3 Å². The smallest absolute Gasteiger partial charge is 0.463 e. The van der Waals surface area contributed by atoms with Crippen LogP contribution in [0.4, 0.5) is 0 Å². The molecule has 5 atom stereocenters. The van der Waals surface area contributed by atoms with Crippen molar-refractivity contribution in [1.29, 1.82) is 0 Å². The van der Waals surface area contributed by atoms with Crippen LogP contribution in [0, 0.1) is 0 Å². The Kier molecular flexibility index (Phi) is 60.5. The van der Waals surface area contributed by atoms with Crippen molar-refractivity contribution in [2.75, 3.05) is 39.6 Å². The summed E-state index contributed by atoms with van der Waals surface area (Å²) in [6, 6.07) is 0. The predicted molar refractivity (Wildman–Crippen MR) is 353 cm³/mol. The molecule has 0 aliphatic heterocycles. The van der Waals surface area contributed by atoms with E-state index in [-0.39, 0.29) is 19.3 Å². The third-order valence-electron chi connectivity index (χ3n) is 14.1. The number of carbonyl (C=O) groups excluding carboxylic acids is 3. The van der Waals surface area contributed by atoms with Crippen LogP contribution in [0.2, 0.25) is 0 Å². The molecule has 87 heavy (non-hydrogen) atoms. The summed E-state index contributed by atoms with van der Waals surface area (Å²) in [6.07, 6.45) is 66.4. The van der Waals surface area contributed by atoms with Crippen LogP contribution in [0.1, 0.15) is 278 Å². The maximum absolute atomic E-state index is 12.9. The van der Waals surface area contributed by atoms with Gasteiger partial charge in [-0.3, -0.25) is 32.5 Å². The minimum Gasteiger partial charge on any atom is -0.463 e. The number of allylic oxidation sites excluding steroid dienone is 14. The van der Waals surface area contributed by atoms with Crippen molar-refractivity contribution < 1.29 is 75.8 Å². The Morgan fingerprint density at radius 3 is 0.977 bits per heavy atom. The molecular weight excluding hydrogens is 1150 g/mol. The number of aliphatic hydroxyl groups excluding tert-OH is 2. The van der Waals surface area contributed by atoms with Gasteiger partial charge in [-0.25, -0.2) is 9.13 Å². The van der Waals surface area contributed by atoms with E-state index >= 15 is 0 Å². The highest BCUT2D eigenvalue weighted by atomic mass is 31.2. The van der Waals surface area contributed by atoms with Crippen molar-refractivity contribution in [3.05, 3.63) is 85.1 Å². The topological polar surface area (TPSA) is 231 Å². The molecule has 0 spiro atoms. The van der Waals surface area contributed by atoms with E-state index in [1.165, 1.54) is 77.0 Å². The molecule has 0 aromatic heterocycles.